The van der Waals surface area contributed by atoms with Gasteiger partial charge in [-0.2, -0.15) is 0 Å². The maximum atomic E-state index is 2.53. The molecule has 0 radical (unpaired) electrons. The first-order valence-corrected chi connectivity index (χ1v) is 11.4. The summed E-state index contributed by atoms with van der Waals surface area (Å²) in [7, 11) is 0. The molecule has 0 heterocycles. The van der Waals surface area contributed by atoms with Crippen molar-refractivity contribution < 1.29 is 0 Å². The van der Waals surface area contributed by atoms with E-state index in [1.54, 1.807) is 0 Å². The van der Waals surface area contributed by atoms with Crippen LogP contribution < -0.4 is 0 Å². The van der Waals surface area contributed by atoms with Crippen molar-refractivity contribution in [3.8, 4) is 33.4 Å². The molecule has 5 aromatic rings. The zero-order valence-electron chi connectivity index (χ0n) is 17.6. The number of hydrogen-bond acceptors (Lipinski definition) is 0. The van der Waals surface area contributed by atoms with E-state index >= 15 is 0 Å². The van der Waals surface area contributed by atoms with Crippen molar-refractivity contribution in [2.75, 3.05) is 0 Å². The second-order valence-corrected chi connectivity index (χ2v) is 9.28. The lowest BCUT2D eigenvalue weighted by molar-refractivity contribution is 0.792. The molecule has 0 atom stereocenters. The van der Waals surface area contributed by atoms with Crippen LogP contribution in [0.15, 0.2) is 109 Å². The van der Waals surface area contributed by atoms with Gasteiger partial charge in [-0.15, -0.1) is 0 Å². The van der Waals surface area contributed by atoms with Gasteiger partial charge >= 0.3 is 0 Å². The van der Waals surface area contributed by atoms with Crippen molar-refractivity contribution in [1.29, 1.82) is 0 Å². The van der Waals surface area contributed by atoms with Crippen LogP contribution in [-0.4, -0.2) is 0 Å². The molecule has 0 nitrogen and oxygen atoms in total. The summed E-state index contributed by atoms with van der Waals surface area (Å²) in [4.78, 5) is 0. The lowest BCUT2D eigenvalue weighted by atomic mass is 9.70. The Kier molecular flexibility index (Phi) is 2.96. The normalized spacial score (nSPS) is 15.0. The predicted octanol–water partition coefficient (Wildman–Crippen LogP) is 7.60. The smallest absolute Gasteiger partial charge is 0.0619 e. The van der Waals surface area contributed by atoms with Crippen molar-refractivity contribution in [2.24, 2.45) is 0 Å². The monoisotopic (exact) mass is 404 g/mol. The van der Waals surface area contributed by atoms with Crippen LogP contribution in [0.25, 0.3) is 33.4 Å². The quantitative estimate of drug-likeness (QED) is 0.244. The van der Waals surface area contributed by atoms with Crippen LogP contribution in [0.5, 0.6) is 0 Å². The molecule has 8 rings (SSSR count). The minimum absolute atomic E-state index is 0.233. The van der Waals surface area contributed by atoms with Gasteiger partial charge in [-0.3, -0.25) is 0 Å². The maximum absolute atomic E-state index is 2.53. The van der Waals surface area contributed by atoms with Crippen molar-refractivity contribution >= 4 is 0 Å². The first-order valence-electron chi connectivity index (χ1n) is 11.4. The highest BCUT2D eigenvalue weighted by Gasteiger charge is 2.51. The minimum atomic E-state index is -0.233. The highest BCUT2D eigenvalue weighted by molar-refractivity contribution is 5.97. The maximum Gasteiger partial charge on any atom is 0.0725 e. The molecule has 0 aliphatic heterocycles. The van der Waals surface area contributed by atoms with E-state index in [1.165, 1.54) is 66.8 Å². The fraction of sp³-hybridized carbons (Fsp3) is 0.0625. The van der Waals surface area contributed by atoms with Gasteiger partial charge in [-0.25, -0.2) is 0 Å². The van der Waals surface area contributed by atoms with Gasteiger partial charge in [0.2, 0.25) is 0 Å². The Morgan fingerprint density at radius 1 is 0.375 bits per heavy atom. The molecule has 0 saturated heterocycles. The second kappa shape index (κ2) is 5.66. The molecule has 3 aliphatic rings. The number of fused-ring (bicyclic) bond motifs is 13. The van der Waals surface area contributed by atoms with Gasteiger partial charge in [0.05, 0.1) is 5.41 Å². The van der Waals surface area contributed by atoms with Gasteiger partial charge in [0.25, 0.3) is 0 Å². The number of rotatable bonds is 0. The van der Waals surface area contributed by atoms with Crippen molar-refractivity contribution in [2.45, 2.75) is 11.8 Å². The van der Waals surface area contributed by atoms with E-state index in [1.807, 2.05) is 0 Å². The molecular formula is C32H20. The van der Waals surface area contributed by atoms with Crippen LogP contribution in [0.4, 0.5) is 0 Å². The van der Waals surface area contributed by atoms with Gasteiger partial charge in [0, 0.05) is 0 Å². The predicted molar refractivity (Wildman–Crippen MR) is 131 cm³/mol. The third-order valence-electron chi connectivity index (χ3n) is 7.91. The van der Waals surface area contributed by atoms with Crippen LogP contribution in [-0.2, 0) is 11.8 Å². The van der Waals surface area contributed by atoms with Crippen molar-refractivity contribution in [1.82, 2.24) is 0 Å². The average molecular weight is 405 g/mol. The lowest BCUT2D eigenvalue weighted by Gasteiger charge is -2.30. The fourth-order valence-electron chi connectivity index (χ4n) is 6.72. The Labute approximate surface area is 187 Å². The summed E-state index contributed by atoms with van der Waals surface area (Å²) in [6, 6.07) is 41.0. The molecule has 5 aromatic carbocycles. The van der Waals surface area contributed by atoms with Crippen molar-refractivity contribution in [3.63, 3.8) is 0 Å². The Bertz CT molecular complexity index is 1560. The van der Waals surface area contributed by atoms with Crippen LogP contribution in [0.1, 0.15) is 33.4 Å². The van der Waals surface area contributed by atoms with Crippen LogP contribution in [0.2, 0.25) is 0 Å². The van der Waals surface area contributed by atoms with E-state index in [9.17, 15) is 0 Å². The first kappa shape index (κ1) is 16.8. The molecule has 1 spiro atoms. The summed E-state index contributed by atoms with van der Waals surface area (Å²) in [5, 5.41) is 0. The highest BCUT2D eigenvalue weighted by Crippen LogP contribution is 2.63. The zero-order valence-corrected chi connectivity index (χ0v) is 17.6. The molecule has 32 heavy (non-hydrogen) atoms. The van der Waals surface area contributed by atoms with E-state index < -0.39 is 0 Å². The Morgan fingerprint density at radius 3 is 1.50 bits per heavy atom. The molecule has 0 unspecified atom stereocenters. The molecule has 0 aromatic heterocycles. The van der Waals surface area contributed by atoms with Crippen LogP contribution in [0, 0.1) is 0 Å². The minimum Gasteiger partial charge on any atom is -0.0619 e. The van der Waals surface area contributed by atoms with E-state index in [0.29, 0.717) is 0 Å². The van der Waals surface area contributed by atoms with Gasteiger partial charge in [-0.05, 0) is 79.2 Å². The molecule has 0 amide bonds. The molecule has 3 aliphatic carbocycles. The second-order valence-electron chi connectivity index (χ2n) is 9.28. The SMILES string of the molecule is c1ccc2c(c1)Cc1cc3c(cc1-2)-c1ccccc1C31c2ccccc2-c2ccccc21. The van der Waals surface area contributed by atoms with Gasteiger partial charge in [-0.1, -0.05) is 103 Å². The topological polar surface area (TPSA) is 0 Å². The number of benzene rings is 5. The summed E-state index contributed by atoms with van der Waals surface area (Å²) in [5.74, 6) is 0. The Morgan fingerprint density at radius 2 is 0.875 bits per heavy atom. The summed E-state index contributed by atoms with van der Waals surface area (Å²) in [6.45, 7) is 0. The molecule has 0 N–H and O–H groups in total. The Balaban J connectivity index is 1.54. The van der Waals surface area contributed by atoms with E-state index in [-0.39, 0.29) is 5.41 Å². The molecule has 148 valence electrons. The fourth-order valence-corrected chi connectivity index (χ4v) is 6.72. The van der Waals surface area contributed by atoms with Crippen LogP contribution in [0.3, 0.4) is 0 Å². The third kappa shape index (κ3) is 1.78. The molecule has 0 bridgehead atoms. The summed E-state index contributed by atoms with van der Waals surface area (Å²) in [6.07, 6.45) is 1.02. The molecule has 0 saturated carbocycles. The van der Waals surface area contributed by atoms with Gasteiger partial charge in [0.1, 0.15) is 0 Å². The standard InChI is InChI=1S/C32H20/c1-2-10-22-20(9-1)17-21-18-31-27(19-26(21)22)25-13-5-8-16-30(25)32(31)28-14-6-3-11-23(28)24-12-4-7-15-29(24)32/h1-16,18-19H,17H2. The van der Waals surface area contributed by atoms with Crippen molar-refractivity contribution in [3.05, 3.63) is 143 Å². The van der Waals surface area contributed by atoms with E-state index in [0.717, 1.165) is 6.42 Å². The Hall–Kier alpha value is -3.90. The number of hydrogen-bond donors (Lipinski definition) is 0. The third-order valence-corrected chi connectivity index (χ3v) is 7.91. The summed E-state index contributed by atoms with van der Waals surface area (Å²) >= 11 is 0. The average Bonchev–Trinajstić information content (AvgIpc) is 3.46. The molecular weight excluding hydrogens is 384 g/mol. The summed E-state index contributed by atoms with van der Waals surface area (Å²) < 4.78 is 0. The van der Waals surface area contributed by atoms with E-state index in [2.05, 4.69) is 109 Å². The zero-order chi connectivity index (χ0) is 20.9. The highest BCUT2D eigenvalue weighted by atomic mass is 14.5. The van der Waals surface area contributed by atoms with Crippen LogP contribution >= 0.6 is 0 Å². The van der Waals surface area contributed by atoms with Gasteiger partial charge < -0.3 is 0 Å². The lowest BCUT2D eigenvalue weighted by Crippen LogP contribution is -2.25. The van der Waals surface area contributed by atoms with E-state index in [4.69, 9.17) is 0 Å². The first-order chi connectivity index (χ1) is 15.9. The van der Waals surface area contributed by atoms with Gasteiger partial charge in [0.15, 0.2) is 0 Å². The summed E-state index contributed by atoms with van der Waals surface area (Å²) in [5.41, 5.74) is 16.7. The molecule has 0 fully saturated rings. The largest absolute Gasteiger partial charge is 0.0725 e. The molecule has 0 heteroatoms.